The van der Waals surface area contributed by atoms with Gasteiger partial charge in [-0.3, -0.25) is 0 Å². The highest BCUT2D eigenvalue weighted by Gasteiger charge is 2.31. The van der Waals surface area contributed by atoms with E-state index in [0.717, 1.165) is 12.1 Å². The quantitative estimate of drug-likeness (QED) is 0.588. The number of nitrogens with two attached hydrogens (primary N) is 1. The highest BCUT2D eigenvalue weighted by atomic mass is 19.4. The van der Waals surface area contributed by atoms with Crippen LogP contribution in [0.1, 0.15) is 6.42 Å². The lowest BCUT2D eigenvalue weighted by Gasteiger charge is -2.12. The van der Waals surface area contributed by atoms with Gasteiger partial charge in [0, 0.05) is 0 Å². The van der Waals surface area contributed by atoms with E-state index in [1.54, 1.807) is 6.07 Å². The Morgan fingerprint density at radius 3 is 1.96 bits per heavy atom. The molecule has 0 atom stereocenters. The van der Waals surface area contributed by atoms with Crippen molar-refractivity contribution in [3.63, 3.8) is 0 Å². The van der Waals surface area contributed by atoms with Crippen molar-refractivity contribution in [2.24, 2.45) is 0 Å². The number of ether oxygens (including phenoxy) is 2. The van der Waals surface area contributed by atoms with Gasteiger partial charge in [-0.1, -0.05) is 18.2 Å². The molecule has 0 saturated heterocycles. The number of alkyl halides is 6. The molecule has 2 rings (SSSR count). The van der Waals surface area contributed by atoms with Crippen LogP contribution in [0.4, 0.5) is 32.0 Å². The van der Waals surface area contributed by atoms with Gasteiger partial charge >= 0.3 is 12.5 Å². The highest BCUT2D eigenvalue weighted by molar-refractivity contribution is 5.71. The number of rotatable bonds is 5. The third kappa shape index (κ3) is 6.09. The SMILES string of the molecule is Nc1cc(-c2ccc(OC(F)(F)F)cc2)ccc1OCCC(F)(F)F. The van der Waals surface area contributed by atoms with E-state index < -0.39 is 25.6 Å². The molecule has 0 fully saturated rings. The van der Waals surface area contributed by atoms with Crippen molar-refractivity contribution in [2.75, 3.05) is 12.3 Å². The lowest BCUT2D eigenvalue weighted by atomic mass is 10.0. The Kier molecular flexibility index (Phi) is 5.34. The van der Waals surface area contributed by atoms with Gasteiger partial charge in [0.2, 0.25) is 0 Å². The molecule has 9 heteroatoms. The second-order valence-corrected chi connectivity index (χ2v) is 5.04. The predicted octanol–water partition coefficient (Wildman–Crippen LogP) is 5.17. The van der Waals surface area contributed by atoms with Crippen LogP contribution in [0.2, 0.25) is 0 Å². The second kappa shape index (κ2) is 7.12. The molecule has 0 aliphatic heterocycles. The van der Waals surface area contributed by atoms with E-state index >= 15 is 0 Å². The summed E-state index contributed by atoms with van der Waals surface area (Å²) in [5.74, 6) is -0.263. The Balaban J connectivity index is 2.07. The van der Waals surface area contributed by atoms with E-state index in [-0.39, 0.29) is 17.2 Å². The molecule has 0 amide bonds. The summed E-state index contributed by atoms with van der Waals surface area (Å²) in [6.07, 6.45) is -10.2. The van der Waals surface area contributed by atoms with Gasteiger partial charge in [0.05, 0.1) is 18.7 Å². The van der Waals surface area contributed by atoms with Gasteiger partial charge in [-0.15, -0.1) is 13.2 Å². The number of hydrogen-bond acceptors (Lipinski definition) is 3. The number of anilines is 1. The van der Waals surface area contributed by atoms with Crippen LogP contribution in [0.5, 0.6) is 11.5 Å². The first-order valence-corrected chi connectivity index (χ1v) is 6.99. The molecular formula is C16H13F6NO2. The first kappa shape index (κ1) is 18.8. The van der Waals surface area contributed by atoms with E-state index in [1.807, 2.05) is 0 Å². The molecule has 3 nitrogen and oxygen atoms in total. The van der Waals surface area contributed by atoms with Crippen molar-refractivity contribution in [1.29, 1.82) is 0 Å². The monoisotopic (exact) mass is 365 g/mol. The van der Waals surface area contributed by atoms with Gasteiger partial charge < -0.3 is 15.2 Å². The molecule has 0 radical (unpaired) electrons. The Bertz CT molecular complexity index is 710. The maximum Gasteiger partial charge on any atom is 0.573 e. The first-order chi connectivity index (χ1) is 11.5. The molecule has 0 aliphatic rings. The van der Waals surface area contributed by atoms with Crippen molar-refractivity contribution in [3.8, 4) is 22.6 Å². The average Bonchev–Trinajstić information content (AvgIpc) is 2.47. The lowest BCUT2D eigenvalue weighted by molar-refractivity contribution is -0.274. The number of hydrogen-bond donors (Lipinski definition) is 1. The van der Waals surface area contributed by atoms with E-state index in [4.69, 9.17) is 10.5 Å². The molecule has 2 aromatic rings. The zero-order valence-electron chi connectivity index (χ0n) is 12.6. The number of benzene rings is 2. The summed E-state index contributed by atoms with van der Waals surface area (Å²) in [6, 6.07) is 9.50. The molecule has 0 heterocycles. The van der Waals surface area contributed by atoms with Crippen LogP contribution in [0, 0.1) is 0 Å². The zero-order valence-corrected chi connectivity index (χ0v) is 12.6. The molecule has 0 aromatic heterocycles. The van der Waals surface area contributed by atoms with Gasteiger partial charge in [0.1, 0.15) is 11.5 Å². The predicted molar refractivity (Wildman–Crippen MR) is 79.1 cm³/mol. The summed E-state index contributed by atoms with van der Waals surface area (Å²) >= 11 is 0. The fraction of sp³-hybridized carbons (Fsp3) is 0.250. The largest absolute Gasteiger partial charge is 0.573 e. The Morgan fingerprint density at radius 2 is 1.44 bits per heavy atom. The molecule has 0 saturated carbocycles. The summed E-state index contributed by atoms with van der Waals surface area (Å²) in [7, 11) is 0. The van der Waals surface area contributed by atoms with E-state index in [9.17, 15) is 26.3 Å². The molecule has 0 aliphatic carbocycles. The van der Waals surface area contributed by atoms with E-state index in [0.29, 0.717) is 11.1 Å². The maximum atomic E-state index is 12.1. The Hall–Kier alpha value is -2.58. The summed E-state index contributed by atoms with van der Waals surface area (Å²) in [6.45, 7) is -0.559. The maximum absolute atomic E-state index is 12.1. The Morgan fingerprint density at radius 1 is 0.840 bits per heavy atom. The Labute approximate surface area is 139 Å². The van der Waals surface area contributed by atoms with Crippen molar-refractivity contribution in [2.45, 2.75) is 19.0 Å². The molecule has 25 heavy (non-hydrogen) atoms. The lowest BCUT2D eigenvalue weighted by Crippen LogP contribution is -2.16. The molecule has 0 bridgehead atoms. The van der Waals surface area contributed by atoms with E-state index in [1.165, 1.54) is 24.3 Å². The minimum absolute atomic E-state index is 0.102. The average molecular weight is 365 g/mol. The molecule has 2 N–H and O–H groups in total. The highest BCUT2D eigenvalue weighted by Crippen LogP contribution is 2.31. The number of nitrogen functional groups attached to an aromatic ring is 1. The normalized spacial score (nSPS) is 12.1. The second-order valence-electron chi connectivity index (χ2n) is 5.04. The van der Waals surface area contributed by atoms with Gasteiger partial charge in [-0.2, -0.15) is 13.2 Å². The summed E-state index contributed by atoms with van der Waals surface area (Å²) in [5, 5.41) is 0. The van der Waals surface area contributed by atoms with Crippen LogP contribution in [0.25, 0.3) is 11.1 Å². The van der Waals surface area contributed by atoms with Crippen LogP contribution < -0.4 is 15.2 Å². The third-order valence-corrected chi connectivity index (χ3v) is 3.07. The van der Waals surface area contributed by atoms with Gasteiger partial charge in [0.25, 0.3) is 0 Å². The van der Waals surface area contributed by atoms with Crippen molar-refractivity contribution >= 4 is 5.69 Å². The molecular weight excluding hydrogens is 352 g/mol. The minimum Gasteiger partial charge on any atom is -0.491 e. The van der Waals surface area contributed by atoms with Gasteiger partial charge in [-0.25, -0.2) is 0 Å². The fourth-order valence-corrected chi connectivity index (χ4v) is 1.99. The van der Waals surface area contributed by atoms with Gasteiger partial charge in [-0.05, 0) is 35.4 Å². The number of halogens is 6. The molecule has 0 unspecified atom stereocenters. The fourth-order valence-electron chi connectivity index (χ4n) is 1.99. The molecule has 2 aromatic carbocycles. The molecule has 136 valence electrons. The van der Waals surface area contributed by atoms with E-state index in [2.05, 4.69) is 4.74 Å². The van der Waals surface area contributed by atoms with Crippen LogP contribution in [0.3, 0.4) is 0 Å². The van der Waals surface area contributed by atoms with Crippen molar-refractivity contribution in [1.82, 2.24) is 0 Å². The summed E-state index contributed by atoms with van der Waals surface area (Å²) < 4.78 is 81.4. The van der Waals surface area contributed by atoms with Crippen LogP contribution in [-0.4, -0.2) is 19.1 Å². The van der Waals surface area contributed by atoms with Crippen LogP contribution in [-0.2, 0) is 0 Å². The zero-order chi connectivity index (χ0) is 18.7. The summed E-state index contributed by atoms with van der Waals surface area (Å²) in [4.78, 5) is 0. The van der Waals surface area contributed by atoms with Gasteiger partial charge in [0.15, 0.2) is 0 Å². The smallest absolute Gasteiger partial charge is 0.491 e. The first-order valence-electron chi connectivity index (χ1n) is 6.99. The van der Waals surface area contributed by atoms with Crippen LogP contribution in [0.15, 0.2) is 42.5 Å². The van der Waals surface area contributed by atoms with Crippen molar-refractivity contribution in [3.05, 3.63) is 42.5 Å². The third-order valence-electron chi connectivity index (χ3n) is 3.07. The standard InChI is InChI=1S/C16H13F6NO2/c17-15(18,19)7-8-24-14-6-3-11(9-13(14)23)10-1-4-12(5-2-10)25-16(20,21)22/h1-6,9H,7-8,23H2. The summed E-state index contributed by atoms with van der Waals surface area (Å²) in [5.41, 5.74) is 6.99. The topological polar surface area (TPSA) is 44.5 Å². The molecule has 0 spiro atoms. The van der Waals surface area contributed by atoms with Crippen molar-refractivity contribution < 1.29 is 35.8 Å². The minimum atomic E-state index is -4.78. The van der Waals surface area contributed by atoms with Crippen LogP contribution >= 0.6 is 0 Å².